The lowest BCUT2D eigenvalue weighted by Gasteiger charge is -2.11. The Bertz CT molecular complexity index is 382. The molecular formula is C11H12FNO. The van der Waals surface area contributed by atoms with E-state index in [1.54, 1.807) is 6.07 Å². The second-order valence-electron chi connectivity index (χ2n) is 3.31. The zero-order chi connectivity index (χ0) is 10.7. The first-order valence-electron chi connectivity index (χ1n) is 4.52. The molecule has 1 aromatic carbocycles. The average molecular weight is 193 g/mol. The van der Waals surface area contributed by atoms with Crippen LogP contribution in [0.1, 0.15) is 37.3 Å². The standard InChI is InChI=1S/C11H12FNO/c1-3-7(2)10-5-9(12)4-8(6-13)11(10)14/h4-5,7,14H,3H2,1-2H3. The van der Waals surface area contributed by atoms with E-state index in [2.05, 4.69) is 0 Å². The summed E-state index contributed by atoms with van der Waals surface area (Å²) in [5.41, 5.74) is 0.504. The maximum absolute atomic E-state index is 13.0. The lowest BCUT2D eigenvalue weighted by atomic mass is 9.95. The third kappa shape index (κ3) is 1.85. The molecule has 0 saturated heterocycles. The van der Waals surface area contributed by atoms with Gasteiger partial charge in [0.25, 0.3) is 0 Å². The Hall–Kier alpha value is -1.56. The minimum absolute atomic E-state index is 0.000278. The van der Waals surface area contributed by atoms with Gasteiger partial charge in [-0.3, -0.25) is 0 Å². The van der Waals surface area contributed by atoms with E-state index in [-0.39, 0.29) is 17.2 Å². The smallest absolute Gasteiger partial charge is 0.137 e. The van der Waals surface area contributed by atoms with Gasteiger partial charge in [-0.25, -0.2) is 4.39 Å². The molecule has 1 aromatic rings. The summed E-state index contributed by atoms with van der Waals surface area (Å²) in [6.45, 7) is 3.83. The highest BCUT2D eigenvalue weighted by atomic mass is 19.1. The third-order valence-electron chi connectivity index (χ3n) is 2.37. The van der Waals surface area contributed by atoms with E-state index in [1.807, 2.05) is 13.8 Å². The van der Waals surface area contributed by atoms with Crippen molar-refractivity contribution in [1.82, 2.24) is 0 Å². The van der Waals surface area contributed by atoms with Crippen LogP contribution in [0, 0.1) is 17.1 Å². The summed E-state index contributed by atoms with van der Waals surface area (Å²) in [6, 6.07) is 4.09. The molecule has 0 aliphatic heterocycles. The first-order chi connectivity index (χ1) is 6.60. The van der Waals surface area contributed by atoms with Crippen molar-refractivity contribution in [2.75, 3.05) is 0 Å². The summed E-state index contributed by atoms with van der Waals surface area (Å²) in [5, 5.41) is 18.3. The lowest BCUT2D eigenvalue weighted by Crippen LogP contribution is -1.95. The Morgan fingerprint density at radius 1 is 1.57 bits per heavy atom. The van der Waals surface area contributed by atoms with Gasteiger partial charge < -0.3 is 5.11 Å². The van der Waals surface area contributed by atoms with E-state index in [1.165, 1.54) is 6.07 Å². The van der Waals surface area contributed by atoms with Crippen LogP contribution in [0.3, 0.4) is 0 Å². The molecule has 0 fully saturated rings. The number of halogens is 1. The van der Waals surface area contributed by atoms with Crippen molar-refractivity contribution in [3.8, 4) is 11.8 Å². The molecule has 0 aliphatic rings. The Balaban J connectivity index is 3.30. The van der Waals surface area contributed by atoms with E-state index in [4.69, 9.17) is 5.26 Å². The minimum atomic E-state index is -0.477. The molecule has 3 heteroatoms. The molecule has 0 aliphatic carbocycles. The van der Waals surface area contributed by atoms with Crippen molar-refractivity contribution in [3.05, 3.63) is 29.1 Å². The predicted octanol–water partition coefficient (Wildman–Crippen LogP) is 2.92. The van der Waals surface area contributed by atoms with Gasteiger partial charge in [0.15, 0.2) is 0 Å². The number of rotatable bonds is 2. The Morgan fingerprint density at radius 2 is 2.21 bits per heavy atom. The molecule has 2 nitrogen and oxygen atoms in total. The third-order valence-corrected chi connectivity index (χ3v) is 2.37. The Labute approximate surface area is 82.6 Å². The maximum atomic E-state index is 13.0. The van der Waals surface area contributed by atoms with Crippen LogP contribution in [0.5, 0.6) is 5.75 Å². The molecule has 1 rings (SSSR count). The highest BCUT2D eigenvalue weighted by Crippen LogP contribution is 2.31. The zero-order valence-corrected chi connectivity index (χ0v) is 8.21. The van der Waals surface area contributed by atoms with Gasteiger partial charge in [-0.2, -0.15) is 5.26 Å². The largest absolute Gasteiger partial charge is 0.506 e. The number of nitriles is 1. The maximum Gasteiger partial charge on any atom is 0.137 e. The van der Waals surface area contributed by atoms with Gasteiger partial charge in [0.05, 0.1) is 5.56 Å². The van der Waals surface area contributed by atoms with E-state index >= 15 is 0 Å². The zero-order valence-electron chi connectivity index (χ0n) is 8.21. The van der Waals surface area contributed by atoms with E-state index in [0.717, 1.165) is 12.5 Å². The number of phenolic OH excluding ortho intramolecular Hbond substituents is 1. The van der Waals surface area contributed by atoms with Crippen molar-refractivity contribution in [2.24, 2.45) is 0 Å². The van der Waals surface area contributed by atoms with E-state index in [0.29, 0.717) is 5.56 Å². The van der Waals surface area contributed by atoms with Crippen LogP contribution in [-0.2, 0) is 0 Å². The monoisotopic (exact) mass is 193 g/mol. The molecule has 0 heterocycles. The van der Waals surface area contributed by atoms with Gasteiger partial charge in [-0.05, 0) is 24.5 Å². The quantitative estimate of drug-likeness (QED) is 0.784. The fourth-order valence-corrected chi connectivity index (χ4v) is 1.30. The lowest BCUT2D eigenvalue weighted by molar-refractivity contribution is 0.457. The van der Waals surface area contributed by atoms with Crippen molar-refractivity contribution in [1.29, 1.82) is 5.26 Å². The molecular weight excluding hydrogens is 181 g/mol. The van der Waals surface area contributed by atoms with Crippen LogP contribution in [0.25, 0.3) is 0 Å². The van der Waals surface area contributed by atoms with Crippen LogP contribution in [-0.4, -0.2) is 5.11 Å². The summed E-state index contributed by atoms with van der Waals surface area (Å²) in [6.07, 6.45) is 0.794. The van der Waals surface area contributed by atoms with Crippen LogP contribution in [0.15, 0.2) is 12.1 Å². The summed E-state index contributed by atoms with van der Waals surface area (Å²) >= 11 is 0. The first-order valence-corrected chi connectivity index (χ1v) is 4.52. The second-order valence-corrected chi connectivity index (χ2v) is 3.31. The summed E-state index contributed by atoms with van der Waals surface area (Å²) in [5.74, 6) is -0.518. The highest BCUT2D eigenvalue weighted by Gasteiger charge is 2.14. The minimum Gasteiger partial charge on any atom is -0.506 e. The van der Waals surface area contributed by atoms with Crippen LogP contribution in [0.2, 0.25) is 0 Å². The fourth-order valence-electron chi connectivity index (χ4n) is 1.30. The van der Waals surface area contributed by atoms with Crippen LogP contribution in [0.4, 0.5) is 4.39 Å². The molecule has 74 valence electrons. The normalized spacial score (nSPS) is 12.1. The van der Waals surface area contributed by atoms with Crippen molar-refractivity contribution in [2.45, 2.75) is 26.2 Å². The Kier molecular flexibility index (Phi) is 3.08. The van der Waals surface area contributed by atoms with Gasteiger partial charge in [0.2, 0.25) is 0 Å². The summed E-state index contributed by atoms with van der Waals surface area (Å²) in [7, 11) is 0. The molecule has 0 radical (unpaired) electrons. The number of hydrogen-bond acceptors (Lipinski definition) is 2. The summed E-state index contributed by atoms with van der Waals surface area (Å²) in [4.78, 5) is 0. The number of aromatic hydroxyl groups is 1. The van der Waals surface area contributed by atoms with Gasteiger partial charge in [-0.1, -0.05) is 13.8 Å². The van der Waals surface area contributed by atoms with E-state index < -0.39 is 5.82 Å². The number of phenols is 1. The Morgan fingerprint density at radius 3 is 2.71 bits per heavy atom. The molecule has 1 N–H and O–H groups in total. The van der Waals surface area contributed by atoms with Crippen molar-refractivity contribution >= 4 is 0 Å². The van der Waals surface area contributed by atoms with E-state index in [9.17, 15) is 9.50 Å². The van der Waals surface area contributed by atoms with Gasteiger partial charge >= 0.3 is 0 Å². The molecule has 1 unspecified atom stereocenters. The van der Waals surface area contributed by atoms with Gasteiger partial charge in [0, 0.05) is 5.56 Å². The number of nitrogens with zero attached hydrogens (tertiary/aromatic N) is 1. The van der Waals surface area contributed by atoms with Crippen LogP contribution >= 0.6 is 0 Å². The SMILES string of the molecule is CCC(C)c1cc(F)cc(C#N)c1O. The molecule has 14 heavy (non-hydrogen) atoms. The van der Waals surface area contributed by atoms with Gasteiger partial charge in [-0.15, -0.1) is 0 Å². The van der Waals surface area contributed by atoms with Crippen LogP contribution < -0.4 is 0 Å². The van der Waals surface area contributed by atoms with Crippen molar-refractivity contribution in [3.63, 3.8) is 0 Å². The molecule has 0 saturated carbocycles. The average Bonchev–Trinajstić information content (AvgIpc) is 2.19. The summed E-state index contributed by atoms with van der Waals surface area (Å²) < 4.78 is 13.0. The van der Waals surface area contributed by atoms with Crippen molar-refractivity contribution < 1.29 is 9.50 Å². The fraction of sp³-hybridized carbons (Fsp3) is 0.364. The number of hydrogen-bond donors (Lipinski definition) is 1. The van der Waals surface area contributed by atoms with Gasteiger partial charge in [0.1, 0.15) is 17.6 Å². The topological polar surface area (TPSA) is 44.0 Å². The second kappa shape index (κ2) is 4.10. The molecule has 0 spiro atoms. The highest BCUT2D eigenvalue weighted by molar-refractivity contribution is 5.49. The number of benzene rings is 1. The molecule has 0 aromatic heterocycles. The first kappa shape index (κ1) is 10.5. The molecule has 1 atom stereocenters. The molecule has 0 amide bonds. The molecule has 0 bridgehead atoms. The predicted molar refractivity (Wildman–Crippen MR) is 51.5 cm³/mol.